The molecule has 2 fully saturated rings. The van der Waals surface area contributed by atoms with Gasteiger partial charge in [-0.25, -0.2) is 0 Å². The van der Waals surface area contributed by atoms with Crippen molar-refractivity contribution in [3.8, 4) is 0 Å². The number of ether oxygens (including phenoxy) is 1. The lowest BCUT2D eigenvalue weighted by molar-refractivity contribution is -0.152. The fraction of sp³-hybridized carbons (Fsp3) is 0.588. The summed E-state index contributed by atoms with van der Waals surface area (Å²) in [7, 11) is 0. The molecule has 2 aliphatic heterocycles. The van der Waals surface area contributed by atoms with Crippen LogP contribution >= 0.6 is 0 Å². The van der Waals surface area contributed by atoms with E-state index in [0.717, 1.165) is 32.7 Å². The zero-order valence-corrected chi connectivity index (χ0v) is 13.2. The number of hydrogen-bond donors (Lipinski definition) is 1. The molecule has 5 nitrogen and oxygen atoms in total. The van der Waals surface area contributed by atoms with Gasteiger partial charge in [0.15, 0.2) is 0 Å². The predicted molar refractivity (Wildman–Crippen MR) is 85.5 cm³/mol. The SMILES string of the molecule is C[C@H]1CNCCN1C(=O)C1CN(Cc2ccccc2)CCO1. The van der Waals surface area contributed by atoms with Crippen LogP contribution in [-0.2, 0) is 16.1 Å². The molecule has 0 saturated carbocycles. The van der Waals surface area contributed by atoms with Gasteiger partial charge < -0.3 is 15.0 Å². The number of amides is 1. The van der Waals surface area contributed by atoms with Crippen molar-refractivity contribution in [2.75, 3.05) is 39.3 Å². The molecule has 2 atom stereocenters. The molecule has 22 heavy (non-hydrogen) atoms. The van der Waals surface area contributed by atoms with Crippen molar-refractivity contribution in [3.63, 3.8) is 0 Å². The van der Waals surface area contributed by atoms with Crippen molar-refractivity contribution in [1.82, 2.24) is 15.1 Å². The van der Waals surface area contributed by atoms with E-state index in [1.807, 2.05) is 11.0 Å². The van der Waals surface area contributed by atoms with Crippen LogP contribution in [0.15, 0.2) is 30.3 Å². The topological polar surface area (TPSA) is 44.8 Å². The molecule has 1 aromatic rings. The summed E-state index contributed by atoms with van der Waals surface area (Å²) in [6.45, 7) is 7.69. The minimum absolute atomic E-state index is 0.145. The highest BCUT2D eigenvalue weighted by Crippen LogP contribution is 2.14. The number of hydrogen-bond acceptors (Lipinski definition) is 4. The molecule has 120 valence electrons. The number of piperazine rings is 1. The fourth-order valence-corrected chi connectivity index (χ4v) is 3.19. The molecule has 0 spiro atoms. The summed E-state index contributed by atoms with van der Waals surface area (Å²) in [4.78, 5) is 17.0. The van der Waals surface area contributed by atoms with Crippen LogP contribution in [0.3, 0.4) is 0 Å². The second kappa shape index (κ2) is 7.22. The molecule has 0 bridgehead atoms. The van der Waals surface area contributed by atoms with Crippen molar-refractivity contribution in [2.45, 2.75) is 25.6 Å². The van der Waals surface area contributed by atoms with E-state index in [1.54, 1.807) is 0 Å². The maximum Gasteiger partial charge on any atom is 0.253 e. The lowest BCUT2D eigenvalue weighted by atomic mass is 10.1. The molecule has 0 radical (unpaired) electrons. The number of benzene rings is 1. The lowest BCUT2D eigenvalue weighted by Gasteiger charge is -2.39. The number of rotatable bonds is 3. The zero-order chi connectivity index (χ0) is 15.4. The highest BCUT2D eigenvalue weighted by Gasteiger charge is 2.33. The van der Waals surface area contributed by atoms with E-state index in [2.05, 4.69) is 41.4 Å². The summed E-state index contributed by atoms with van der Waals surface area (Å²) in [5.41, 5.74) is 1.28. The molecule has 3 rings (SSSR count). The number of morpholine rings is 1. The molecule has 1 N–H and O–H groups in total. The van der Waals surface area contributed by atoms with Crippen molar-refractivity contribution >= 4 is 5.91 Å². The molecule has 0 aromatic heterocycles. The average Bonchev–Trinajstić information content (AvgIpc) is 2.56. The maximum absolute atomic E-state index is 12.7. The van der Waals surface area contributed by atoms with E-state index >= 15 is 0 Å². The second-order valence-electron chi connectivity index (χ2n) is 6.16. The van der Waals surface area contributed by atoms with Crippen molar-refractivity contribution in [2.24, 2.45) is 0 Å². The quantitative estimate of drug-likeness (QED) is 0.893. The Morgan fingerprint density at radius 2 is 2.14 bits per heavy atom. The molecular weight excluding hydrogens is 278 g/mol. The molecule has 0 aliphatic carbocycles. The number of carbonyl (C=O) groups excluding carboxylic acids is 1. The van der Waals surface area contributed by atoms with Crippen LogP contribution in [0.2, 0.25) is 0 Å². The van der Waals surface area contributed by atoms with Crippen LogP contribution in [0.1, 0.15) is 12.5 Å². The Kier molecular flexibility index (Phi) is 5.08. The zero-order valence-electron chi connectivity index (χ0n) is 13.2. The minimum atomic E-state index is -0.321. The number of carbonyl (C=O) groups is 1. The van der Waals surface area contributed by atoms with E-state index in [1.165, 1.54) is 5.56 Å². The van der Waals surface area contributed by atoms with Crippen LogP contribution in [-0.4, -0.2) is 67.2 Å². The third kappa shape index (κ3) is 3.66. The van der Waals surface area contributed by atoms with E-state index in [-0.39, 0.29) is 18.1 Å². The lowest BCUT2D eigenvalue weighted by Crippen LogP contribution is -2.58. The summed E-state index contributed by atoms with van der Waals surface area (Å²) in [5.74, 6) is 0.145. The van der Waals surface area contributed by atoms with Crippen LogP contribution in [0.4, 0.5) is 0 Å². The first-order valence-corrected chi connectivity index (χ1v) is 8.13. The van der Waals surface area contributed by atoms with E-state index in [0.29, 0.717) is 13.2 Å². The van der Waals surface area contributed by atoms with Crippen molar-refractivity contribution in [1.29, 1.82) is 0 Å². The third-order valence-corrected chi connectivity index (χ3v) is 4.46. The normalized spacial score (nSPS) is 26.9. The first-order valence-electron chi connectivity index (χ1n) is 8.13. The van der Waals surface area contributed by atoms with Gasteiger partial charge in [0.1, 0.15) is 6.10 Å². The van der Waals surface area contributed by atoms with Gasteiger partial charge in [-0.15, -0.1) is 0 Å². The molecule has 2 heterocycles. The van der Waals surface area contributed by atoms with E-state index in [9.17, 15) is 4.79 Å². The summed E-state index contributed by atoms with van der Waals surface area (Å²) >= 11 is 0. The Morgan fingerprint density at radius 1 is 1.32 bits per heavy atom. The fourth-order valence-electron chi connectivity index (χ4n) is 3.19. The summed E-state index contributed by atoms with van der Waals surface area (Å²) < 4.78 is 5.76. The molecule has 1 unspecified atom stereocenters. The number of nitrogens with zero attached hydrogens (tertiary/aromatic N) is 2. The standard InChI is InChI=1S/C17H25N3O2/c1-14-11-18-7-8-20(14)17(21)16-13-19(9-10-22-16)12-15-5-3-2-4-6-15/h2-6,14,16,18H,7-13H2,1H3/t14-,16?/m0/s1. The highest BCUT2D eigenvalue weighted by atomic mass is 16.5. The molecule has 5 heteroatoms. The van der Waals surface area contributed by atoms with E-state index in [4.69, 9.17) is 4.74 Å². The van der Waals surface area contributed by atoms with Crippen LogP contribution < -0.4 is 5.32 Å². The molecule has 1 amide bonds. The van der Waals surface area contributed by atoms with Crippen molar-refractivity contribution in [3.05, 3.63) is 35.9 Å². The summed E-state index contributed by atoms with van der Waals surface area (Å²) in [6.07, 6.45) is -0.321. The van der Waals surface area contributed by atoms with Crippen LogP contribution in [0, 0.1) is 0 Å². The molecule has 1 aromatic carbocycles. The van der Waals surface area contributed by atoms with Gasteiger partial charge in [0.2, 0.25) is 0 Å². The molecule has 2 saturated heterocycles. The van der Waals surface area contributed by atoms with Gasteiger partial charge >= 0.3 is 0 Å². The largest absolute Gasteiger partial charge is 0.366 e. The van der Waals surface area contributed by atoms with Crippen LogP contribution in [0.5, 0.6) is 0 Å². The molecule has 2 aliphatic rings. The Labute approximate surface area is 132 Å². The number of nitrogens with one attached hydrogen (secondary N) is 1. The molecular formula is C17H25N3O2. The van der Waals surface area contributed by atoms with Crippen LogP contribution in [0.25, 0.3) is 0 Å². The first kappa shape index (κ1) is 15.5. The summed E-state index contributed by atoms with van der Waals surface area (Å²) in [5, 5.41) is 3.32. The predicted octanol–water partition coefficient (Wildman–Crippen LogP) is 0.708. The first-order chi connectivity index (χ1) is 10.7. The van der Waals surface area contributed by atoms with Gasteiger partial charge in [-0.2, -0.15) is 0 Å². The Morgan fingerprint density at radius 3 is 2.91 bits per heavy atom. The van der Waals surface area contributed by atoms with Gasteiger partial charge in [-0.1, -0.05) is 30.3 Å². The Balaban J connectivity index is 1.59. The monoisotopic (exact) mass is 303 g/mol. The van der Waals surface area contributed by atoms with Gasteiger partial charge in [-0.05, 0) is 12.5 Å². The maximum atomic E-state index is 12.7. The van der Waals surface area contributed by atoms with Gasteiger partial charge in [0, 0.05) is 45.3 Å². The second-order valence-corrected chi connectivity index (χ2v) is 6.16. The van der Waals surface area contributed by atoms with Gasteiger partial charge in [-0.3, -0.25) is 9.69 Å². The smallest absolute Gasteiger partial charge is 0.253 e. The third-order valence-electron chi connectivity index (χ3n) is 4.46. The van der Waals surface area contributed by atoms with Gasteiger partial charge in [0.25, 0.3) is 5.91 Å². The average molecular weight is 303 g/mol. The Hall–Kier alpha value is -1.43. The van der Waals surface area contributed by atoms with Crippen molar-refractivity contribution < 1.29 is 9.53 Å². The minimum Gasteiger partial charge on any atom is -0.366 e. The summed E-state index contributed by atoms with van der Waals surface area (Å²) in [6, 6.07) is 10.6. The van der Waals surface area contributed by atoms with E-state index < -0.39 is 0 Å². The highest BCUT2D eigenvalue weighted by molar-refractivity contribution is 5.81. The van der Waals surface area contributed by atoms with Gasteiger partial charge in [0.05, 0.1) is 6.61 Å². The Bertz CT molecular complexity index is 494.